The minimum Gasteiger partial charge on any atom is -0.497 e. The maximum absolute atomic E-state index is 12.6. The zero-order valence-corrected chi connectivity index (χ0v) is 14.5. The average Bonchev–Trinajstić information content (AvgIpc) is 2.69. The summed E-state index contributed by atoms with van der Waals surface area (Å²) in [6, 6.07) is 15.8. The van der Waals surface area contributed by atoms with Gasteiger partial charge in [-0.3, -0.25) is 9.69 Å². The summed E-state index contributed by atoms with van der Waals surface area (Å²) in [6.45, 7) is 0. The van der Waals surface area contributed by atoms with Crippen molar-refractivity contribution in [3.05, 3.63) is 66.7 Å². The number of carbonyl (C=O) groups is 2. The van der Waals surface area contributed by atoms with E-state index in [1.165, 1.54) is 13.2 Å². The number of amides is 1. The normalized spacial score (nSPS) is 19.2. The van der Waals surface area contributed by atoms with Gasteiger partial charge >= 0.3 is 5.97 Å². The number of anilines is 1. The van der Waals surface area contributed by atoms with E-state index >= 15 is 0 Å². The highest BCUT2D eigenvalue weighted by molar-refractivity contribution is 6.06. The van der Waals surface area contributed by atoms with Crippen molar-refractivity contribution >= 4 is 17.6 Å². The first-order valence-corrected chi connectivity index (χ1v) is 8.09. The first-order chi connectivity index (χ1) is 12.6. The number of ether oxygens (including phenoxy) is 3. The van der Waals surface area contributed by atoms with Crippen LogP contribution in [-0.4, -0.2) is 38.2 Å². The lowest BCUT2D eigenvalue weighted by Gasteiger charge is -2.45. The fourth-order valence-corrected chi connectivity index (χ4v) is 2.72. The van der Waals surface area contributed by atoms with Gasteiger partial charge in [-0.2, -0.15) is 0 Å². The zero-order valence-electron chi connectivity index (χ0n) is 14.5. The lowest BCUT2D eigenvalue weighted by Crippen LogP contribution is -2.66. The molecule has 6 nitrogen and oxygen atoms in total. The molecule has 0 aromatic heterocycles. The van der Waals surface area contributed by atoms with Crippen LogP contribution in [0.25, 0.3) is 0 Å². The number of benzene rings is 2. The molecule has 1 heterocycles. The highest BCUT2D eigenvalue weighted by Gasteiger charge is 2.48. The molecule has 0 N–H and O–H groups in total. The predicted molar refractivity (Wildman–Crippen MR) is 96.3 cm³/mol. The molecule has 3 rings (SSSR count). The van der Waals surface area contributed by atoms with Gasteiger partial charge in [-0.05, 0) is 36.4 Å². The van der Waals surface area contributed by atoms with E-state index in [1.54, 1.807) is 42.4 Å². The number of hydrogen-bond acceptors (Lipinski definition) is 5. The summed E-state index contributed by atoms with van der Waals surface area (Å²) in [6.07, 6.45) is 2.20. The van der Waals surface area contributed by atoms with Gasteiger partial charge < -0.3 is 14.2 Å². The average molecular weight is 353 g/mol. The molecule has 0 saturated carbocycles. The Labute approximate surface area is 151 Å². The van der Waals surface area contributed by atoms with Gasteiger partial charge in [-0.15, -0.1) is 0 Å². The molecule has 0 spiro atoms. The fourth-order valence-electron chi connectivity index (χ4n) is 2.72. The zero-order chi connectivity index (χ0) is 18.5. The Balaban J connectivity index is 1.81. The number of carbonyl (C=O) groups excluding carboxylic acids is 2. The van der Waals surface area contributed by atoms with E-state index in [9.17, 15) is 9.59 Å². The van der Waals surface area contributed by atoms with Crippen LogP contribution in [0.5, 0.6) is 11.5 Å². The van der Waals surface area contributed by atoms with Gasteiger partial charge in [-0.1, -0.05) is 24.3 Å². The molecule has 1 amide bonds. The third-order valence-electron chi connectivity index (χ3n) is 4.08. The van der Waals surface area contributed by atoms with Crippen molar-refractivity contribution in [3.63, 3.8) is 0 Å². The van der Waals surface area contributed by atoms with Crippen molar-refractivity contribution in [3.8, 4) is 11.5 Å². The molecule has 0 radical (unpaired) electrons. The first-order valence-electron chi connectivity index (χ1n) is 8.09. The third-order valence-corrected chi connectivity index (χ3v) is 4.08. The van der Waals surface area contributed by atoms with Crippen molar-refractivity contribution < 1.29 is 23.8 Å². The number of esters is 1. The summed E-state index contributed by atoms with van der Waals surface area (Å²) in [5.74, 6) is 0.589. The van der Waals surface area contributed by atoms with Gasteiger partial charge in [0, 0.05) is 11.8 Å². The number of hydrogen-bond donors (Lipinski definition) is 0. The number of methoxy groups -OCH3 is 2. The first kappa shape index (κ1) is 17.5. The van der Waals surface area contributed by atoms with E-state index in [-0.39, 0.29) is 5.91 Å². The molecule has 6 heteroatoms. The van der Waals surface area contributed by atoms with E-state index in [1.807, 2.05) is 30.3 Å². The summed E-state index contributed by atoms with van der Waals surface area (Å²) in [7, 11) is 2.88. The molecule has 1 fully saturated rings. The number of para-hydroxylation sites is 1. The van der Waals surface area contributed by atoms with Crippen molar-refractivity contribution in [1.29, 1.82) is 0 Å². The van der Waals surface area contributed by atoms with Crippen LogP contribution >= 0.6 is 0 Å². The molecule has 0 aliphatic carbocycles. The number of β-lactam (4-membered cyclic amide) rings is 1. The van der Waals surface area contributed by atoms with Crippen LogP contribution in [0.2, 0.25) is 0 Å². The smallest absolute Gasteiger partial charge is 0.330 e. The van der Waals surface area contributed by atoms with Crippen LogP contribution < -0.4 is 14.4 Å². The second-order valence-electron chi connectivity index (χ2n) is 5.63. The van der Waals surface area contributed by atoms with Gasteiger partial charge in [0.15, 0.2) is 0 Å². The molecule has 2 aromatic rings. The van der Waals surface area contributed by atoms with Crippen LogP contribution in [0.4, 0.5) is 5.69 Å². The van der Waals surface area contributed by atoms with Crippen molar-refractivity contribution in [2.75, 3.05) is 19.1 Å². The van der Waals surface area contributed by atoms with E-state index < -0.39 is 18.1 Å². The molecular weight excluding hydrogens is 334 g/mol. The number of rotatable bonds is 6. The minimum atomic E-state index is -0.718. The van der Waals surface area contributed by atoms with Crippen LogP contribution in [0.1, 0.15) is 0 Å². The summed E-state index contributed by atoms with van der Waals surface area (Å²) in [5.41, 5.74) is 0.742. The van der Waals surface area contributed by atoms with Crippen LogP contribution in [0.3, 0.4) is 0 Å². The molecular formula is C20H19NO5. The molecule has 1 saturated heterocycles. The summed E-state index contributed by atoms with van der Waals surface area (Å²) >= 11 is 0. The Hall–Kier alpha value is -3.28. The Morgan fingerprint density at radius 2 is 1.65 bits per heavy atom. The highest BCUT2D eigenvalue weighted by atomic mass is 16.5. The van der Waals surface area contributed by atoms with Crippen molar-refractivity contribution in [2.45, 2.75) is 12.1 Å². The van der Waals surface area contributed by atoms with Gasteiger partial charge in [0.25, 0.3) is 5.91 Å². The maximum atomic E-state index is 12.6. The highest BCUT2D eigenvalue weighted by Crippen LogP contribution is 2.32. The Kier molecular flexibility index (Phi) is 5.22. The predicted octanol–water partition coefficient (Wildman–Crippen LogP) is 2.59. The standard InChI is InChI=1S/C20H19NO5/c1-24-15-8-10-16(11-9-15)26-19-17(12-13-18(22)25-2)21(20(19)23)14-6-4-3-5-7-14/h3-13,17,19H,1-2H3/b13-12+/t17-,19-/m1/s1. The Morgan fingerprint density at radius 1 is 1.00 bits per heavy atom. The summed E-state index contributed by atoms with van der Waals surface area (Å²) in [5, 5.41) is 0. The van der Waals surface area contributed by atoms with Crippen LogP contribution in [0, 0.1) is 0 Å². The van der Waals surface area contributed by atoms with E-state index in [0.717, 1.165) is 5.69 Å². The van der Waals surface area contributed by atoms with Crippen molar-refractivity contribution in [1.82, 2.24) is 0 Å². The second kappa shape index (κ2) is 7.74. The van der Waals surface area contributed by atoms with Gasteiger partial charge in [0.05, 0.1) is 14.2 Å². The maximum Gasteiger partial charge on any atom is 0.330 e. The molecule has 0 unspecified atom stereocenters. The second-order valence-corrected chi connectivity index (χ2v) is 5.63. The number of nitrogens with zero attached hydrogens (tertiary/aromatic N) is 1. The molecule has 26 heavy (non-hydrogen) atoms. The summed E-state index contributed by atoms with van der Waals surface area (Å²) in [4.78, 5) is 25.7. The Morgan fingerprint density at radius 3 is 2.27 bits per heavy atom. The van der Waals surface area contributed by atoms with Crippen LogP contribution in [-0.2, 0) is 14.3 Å². The van der Waals surface area contributed by atoms with Gasteiger partial charge in [0.2, 0.25) is 6.10 Å². The minimum absolute atomic E-state index is 0.175. The summed E-state index contributed by atoms with van der Waals surface area (Å²) < 4.78 is 15.6. The van der Waals surface area contributed by atoms with E-state index in [2.05, 4.69) is 4.74 Å². The molecule has 0 bridgehead atoms. The van der Waals surface area contributed by atoms with E-state index in [0.29, 0.717) is 11.5 Å². The molecule has 2 atom stereocenters. The third kappa shape index (κ3) is 3.54. The molecule has 1 aliphatic rings. The molecule has 1 aliphatic heterocycles. The monoisotopic (exact) mass is 353 g/mol. The van der Waals surface area contributed by atoms with Crippen LogP contribution in [0.15, 0.2) is 66.7 Å². The lowest BCUT2D eigenvalue weighted by atomic mass is 9.95. The molecule has 134 valence electrons. The lowest BCUT2D eigenvalue weighted by molar-refractivity contribution is -0.135. The fraction of sp³-hybridized carbons (Fsp3) is 0.200. The largest absolute Gasteiger partial charge is 0.497 e. The van der Waals surface area contributed by atoms with Gasteiger partial charge in [-0.25, -0.2) is 4.79 Å². The SMILES string of the molecule is COC(=O)/C=C/[C@@H]1[C@@H](Oc2ccc(OC)cc2)C(=O)N1c1ccccc1. The van der Waals surface area contributed by atoms with Gasteiger partial charge in [0.1, 0.15) is 17.5 Å². The van der Waals surface area contributed by atoms with E-state index in [4.69, 9.17) is 9.47 Å². The Bertz CT molecular complexity index is 801. The van der Waals surface area contributed by atoms with Crippen molar-refractivity contribution in [2.24, 2.45) is 0 Å². The molecule has 2 aromatic carbocycles. The quantitative estimate of drug-likeness (QED) is 0.454. The topological polar surface area (TPSA) is 65.1 Å².